The second-order valence-electron chi connectivity index (χ2n) is 7.32. The molecule has 0 spiro atoms. The Balaban J connectivity index is 2.40. The van der Waals surface area contributed by atoms with Gasteiger partial charge < -0.3 is 0 Å². The molecule has 4 heteroatoms. The van der Waals surface area contributed by atoms with Gasteiger partial charge in [-0.2, -0.15) is 0 Å². The van der Waals surface area contributed by atoms with Crippen LogP contribution >= 0.6 is 0 Å². The number of halogens is 1. The maximum absolute atomic E-state index is 14.6. The average molecular weight is 451 g/mol. The van der Waals surface area contributed by atoms with Crippen LogP contribution in [0.3, 0.4) is 0 Å². The molecule has 0 aliphatic heterocycles. The van der Waals surface area contributed by atoms with Crippen LogP contribution in [0, 0.1) is 5.82 Å². The summed E-state index contributed by atoms with van der Waals surface area (Å²) in [6.07, 6.45) is 11.5. The van der Waals surface area contributed by atoms with Crippen molar-refractivity contribution in [2.24, 2.45) is 7.05 Å². The number of rotatable bonds is 11. The number of fused-ring (bicyclic) bond motifs is 1. The molecule has 138 valence electrons. The first kappa shape index (κ1) is 20.7. The van der Waals surface area contributed by atoms with Gasteiger partial charge in [-0.3, -0.25) is 0 Å². The normalized spacial score (nSPS) is 12.2. The second kappa shape index (κ2) is 9.94. The molecule has 0 saturated carbocycles. The molecule has 0 saturated heterocycles. The zero-order valence-corrected chi connectivity index (χ0v) is 19.2. The van der Waals surface area contributed by atoms with Crippen LogP contribution in [0.5, 0.6) is 0 Å². The molecule has 2 radical (unpaired) electrons. The van der Waals surface area contributed by atoms with E-state index >= 15 is 0 Å². The number of nitrogens with zero attached hydrogens (tertiary/aromatic N) is 2. The minimum absolute atomic E-state index is 0.0862. The van der Waals surface area contributed by atoms with Crippen LogP contribution in [0.4, 0.5) is 4.39 Å². The van der Waals surface area contributed by atoms with Gasteiger partial charge in [-0.05, 0) is 0 Å². The summed E-state index contributed by atoms with van der Waals surface area (Å²) >= 11 is -1.01. The van der Waals surface area contributed by atoms with Gasteiger partial charge in [-0.15, -0.1) is 0 Å². The zero-order valence-electron chi connectivity index (χ0n) is 16.4. The first-order valence-electron chi connectivity index (χ1n) is 9.96. The predicted molar refractivity (Wildman–Crippen MR) is 107 cm³/mol. The summed E-state index contributed by atoms with van der Waals surface area (Å²) < 4.78 is 18.0. The van der Waals surface area contributed by atoms with Gasteiger partial charge in [0.15, 0.2) is 0 Å². The average Bonchev–Trinajstić information content (AvgIpc) is 2.93. The van der Waals surface area contributed by atoms with E-state index in [-0.39, 0.29) is 5.82 Å². The molecule has 0 aliphatic rings. The summed E-state index contributed by atoms with van der Waals surface area (Å²) in [4.78, 5) is 0. The summed E-state index contributed by atoms with van der Waals surface area (Å²) in [5, 5.41) is 5.62. The third kappa shape index (κ3) is 5.21. The van der Waals surface area contributed by atoms with Crippen molar-refractivity contribution in [2.45, 2.75) is 82.0 Å². The molecule has 0 amide bonds. The third-order valence-corrected chi connectivity index (χ3v) is 10.6. The summed E-state index contributed by atoms with van der Waals surface area (Å²) in [5.74, 6) is -0.0862. The molecule has 0 aliphatic carbocycles. The van der Waals surface area contributed by atoms with Crippen LogP contribution < -0.4 is 3.71 Å². The molecular formula is C21H33FN2Sn. The summed E-state index contributed by atoms with van der Waals surface area (Å²) in [6, 6.07) is 5.39. The molecule has 2 rings (SSSR count). The fraction of sp³-hybridized carbons (Fsp3) is 0.667. The topological polar surface area (TPSA) is 17.8 Å². The molecule has 25 heavy (non-hydrogen) atoms. The van der Waals surface area contributed by atoms with Gasteiger partial charge in [0.2, 0.25) is 0 Å². The molecule has 1 aromatic carbocycles. The first-order valence-corrected chi connectivity index (χ1v) is 12.8. The van der Waals surface area contributed by atoms with Gasteiger partial charge in [-0.25, -0.2) is 0 Å². The Morgan fingerprint density at radius 3 is 2.08 bits per heavy atom. The van der Waals surface area contributed by atoms with Crippen molar-refractivity contribution in [3.05, 3.63) is 24.0 Å². The Bertz CT molecular complexity index is 643. The number of benzene rings is 1. The Kier molecular flexibility index (Phi) is 8.24. The quantitative estimate of drug-likeness (QED) is 0.397. The van der Waals surface area contributed by atoms with Gasteiger partial charge in [0.25, 0.3) is 0 Å². The monoisotopic (exact) mass is 452 g/mol. The van der Waals surface area contributed by atoms with E-state index < -0.39 is 21.1 Å². The zero-order chi connectivity index (χ0) is 18.3. The van der Waals surface area contributed by atoms with E-state index in [2.05, 4.69) is 20.8 Å². The van der Waals surface area contributed by atoms with Gasteiger partial charge in [0.1, 0.15) is 0 Å². The fourth-order valence-corrected chi connectivity index (χ4v) is 9.37. The van der Waals surface area contributed by atoms with Crippen LogP contribution in [0.1, 0.15) is 78.6 Å². The summed E-state index contributed by atoms with van der Waals surface area (Å²) in [7, 11) is 1.95. The van der Waals surface area contributed by atoms with Crippen molar-refractivity contribution < 1.29 is 4.39 Å². The molecule has 2 aromatic rings. The van der Waals surface area contributed by atoms with Crippen molar-refractivity contribution >= 4 is 35.8 Å². The molecule has 1 heterocycles. The molecule has 0 fully saturated rings. The van der Waals surface area contributed by atoms with E-state index in [9.17, 15) is 4.39 Å². The van der Waals surface area contributed by atoms with Crippen LogP contribution in [-0.4, -0.2) is 30.9 Å². The van der Waals surface area contributed by atoms with Gasteiger partial charge in [0, 0.05) is 0 Å². The van der Waals surface area contributed by atoms with E-state index in [1.807, 2.05) is 17.8 Å². The summed E-state index contributed by atoms with van der Waals surface area (Å²) in [6.45, 7) is 6.85. The van der Waals surface area contributed by atoms with E-state index in [1.54, 1.807) is 12.1 Å². The van der Waals surface area contributed by atoms with Crippen LogP contribution in [0.15, 0.2) is 18.2 Å². The van der Waals surface area contributed by atoms with Crippen molar-refractivity contribution in [1.82, 2.24) is 9.78 Å². The van der Waals surface area contributed by atoms with Crippen molar-refractivity contribution in [3.63, 3.8) is 0 Å². The SMILES string of the molecule is CCCC[C](CCCC)(CCCC)[Sn][c]1nn(C)c2cccc(F)c12. The summed E-state index contributed by atoms with van der Waals surface area (Å²) in [5.41, 5.74) is 0.950. The van der Waals surface area contributed by atoms with Crippen molar-refractivity contribution in [2.75, 3.05) is 0 Å². The minimum atomic E-state index is -1.01. The Labute approximate surface area is 162 Å². The Hall–Kier alpha value is -0.581. The molecule has 0 bridgehead atoms. The van der Waals surface area contributed by atoms with Crippen LogP contribution in [0.2, 0.25) is 3.43 Å². The number of unbranched alkanes of at least 4 members (excludes halogenated alkanes) is 3. The standard InChI is InChI=1S/C13H27.C8H6FN2.Sn/c1-4-7-10-13(11-8-5-2)12-9-6-3;1-11-8-4-2-3-7(9)6(8)5-10-11;/h4-12H2,1-3H3;2-4H,1H3;. The number of hydrogen-bond acceptors (Lipinski definition) is 1. The van der Waals surface area contributed by atoms with E-state index in [4.69, 9.17) is 5.10 Å². The van der Waals surface area contributed by atoms with Crippen molar-refractivity contribution in [1.29, 1.82) is 0 Å². The molecular weight excluding hydrogens is 418 g/mol. The van der Waals surface area contributed by atoms with E-state index in [0.717, 1.165) is 14.6 Å². The molecule has 0 unspecified atom stereocenters. The molecule has 0 atom stereocenters. The molecule has 0 N–H and O–H groups in total. The van der Waals surface area contributed by atoms with E-state index in [1.165, 1.54) is 57.8 Å². The number of hydrogen-bond donors (Lipinski definition) is 0. The first-order chi connectivity index (χ1) is 12.1. The Morgan fingerprint density at radius 2 is 1.56 bits per heavy atom. The van der Waals surface area contributed by atoms with Crippen LogP contribution in [-0.2, 0) is 7.05 Å². The second-order valence-corrected chi connectivity index (χ2v) is 12.4. The van der Waals surface area contributed by atoms with Gasteiger partial charge >= 0.3 is 163 Å². The third-order valence-electron chi connectivity index (χ3n) is 5.24. The number of aryl methyl sites for hydroxylation is 1. The maximum atomic E-state index is 14.6. The fourth-order valence-electron chi connectivity index (χ4n) is 3.72. The predicted octanol–water partition coefficient (Wildman–Crippen LogP) is 5.77. The van der Waals surface area contributed by atoms with E-state index in [0.29, 0.717) is 3.43 Å². The Morgan fingerprint density at radius 1 is 1.00 bits per heavy atom. The van der Waals surface area contributed by atoms with Crippen molar-refractivity contribution in [3.8, 4) is 0 Å². The molecule has 2 nitrogen and oxygen atoms in total. The number of aromatic nitrogens is 2. The van der Waals surface area contributed by atoms with Crippen LogP contribution in [0.25, 0.3) is 10.9 Å². The van der Waals surface area contributed by atoms with Gasteiger partial charge in [-0.1, -0.05) is 0 Å². The molecule has 1 aromatic heterocycles. The van der Waals surface area contributed by atoms with Gasteiger partial charge in [0.05, 0.1) is 0 Å².